The number of rotatable bonds is 5. The summed E-state index contributed by atoms with van der Waals surface area (Å²) < 4.78 is 22.9. The predicted octanol–water partition coefficient (Wildman–Crippen LogP) is 2.55. The minimum absolute atomic E-state index is 0.0103. The number of hydrogen-bond donors (Lipinski definition) is 2. The molecule has 0 aromatic heterocycles. The number of sulfone groups is 1. The fourth-order valence-corrected chi connectivity index (χ4v) is 3.48. The van der Waals surface area contributed by atoms with Crippen molar-refractivity contribution in [3.8, 4) is 0 Å². The molecule has 0 bridgehead atoms. The Kier molecular flexibility index (Phi) is 5.08. The SMILES string of the molecule is CS(=O)(=O)c1ccc(CCC(=O)Nc2ccc3c(c2)CCC(=O)N3)cc1. The van der Waals surface area contributed by atoms with Crippen molar-refractivity contribution in [2.45, 2.75) is 30.6 Å². The van der Waals surface area contributed by atoms with Gasteiger partial charge in [-0.2, -0.15) is 0 Å². The second-order valence-corrected chi connectivity index (χ2v) is 8.40. The molecule has 0 atom stereocenters. The predicted molar refractivity (Wildman–Crippen MR) is 99.9 cm³/mol. The zero-order valence-electron chi connectivity index (χ0n) is 14.4. The van der Waals surface area contributed by atoms with E-state index in [0.717, 1.165) is 16.8 Å². The number of nitrogens with one attached hydrogen (secondary N) is 2. The summed E-state index contributed by atoms with van der Waals surface area (Å²) >= 11 is 0. The molecule has 1 aliphatic heterocycles. The molecule has 6 nitrogen and oxygen atoms in total. The molecule has 3 rings (SSSR count). The first-order chi connectivity index (χ1) is 12.3. The van der Waals surface area contributed by atoms with Crippen LogP contribution in [0.2, 0.25) is 0 Å². The minimum atomic E-state index is -3.21. The molecule has 1 aliphatic rings. The number of fused-ring (bicyclic) bond motifs is 1. The van der Waals surface area contributed by atoms with Crippen LogP contribution in [0.25, 0.3) is 0 Å². The third-order valence-corrected chi connectivity index (χ3v) is 5.41. The highest BCUT2D eigenvalue weighted by Crippen LogP contribution is 2.25. The van der Waals surface area contributed by atoms with Crippen molar-refractivity contribution in [1.29, 1.82) is 0 Å². The summed E-state index contributed by atoms with van der Waals surface area (Å²) in [5.74, 6) is -0.104. The molecule has 1 heterocycles. The molecule has 136 valence electrons. The summed E-state index contributed by atoms with van der Waals surface area (Å²) in [6.07, 6.45) is 3.10. The molecule has 0 unspecified atom stereocenters. The van der Waals surface area contributed by atoms with Gasteiger partial charge in [-0.3, -0.25) is 9.59 Å². The van der Waals surface area contributed by atoms with Gasteiger partial charge < -0.3 is 10.6 Å². The van der Waals surface area contributed by atoms with Crippen LogP contribution in [0.3, 0.4) is 0 Å². The summed E-state index contributed by atoms with van der Waals surface area (Å²) in [5.41, 5.74) is 3.42. The van der Waals surface area contributed by atoms with Gasteiger partial charge in [-0.1, -0.05) is 12.1 Å². The first-order valence-electron chi connectivity index (χ1n) is 8.33. The van der Waals surface area contributed by atoms with Crippen LogP contribution in [0.4, 0.5) is 11.4 Å². The summed E-state index contributed by atoms with van der Waals surface area (Å²) in [6, 6.07) is 12.0. The average Bonchev–Trinajstić information content (AvgIpc) is 2.60. The number of anilines is 2. The maximum absolute atomic E-state index is 12.2. The van der Waals surface area contributed by atoms with Gasteiger partial charge in [0.2, 0.25) is 11.8 Å². The van der Waals surface area contributed by atoms with Gasteiger partial charge in [0, 0.05) is 30.5 Å². The number of carbonyl (C=O) groups is 2. The monoisotopic (exact) mass is 372 g/mol. The fourth-order valence-electron chi connectivity index (χ4n) is 2.85. The highest BCUT2D eigenvalue weighted by Gasteiger charge is 2.15. The number of carbonyl (C=O) groups excluding carboxylic acids is 2. The van der Waals surface area contributed by atoms with Crippen LogP contribution in [0.1, 0.15) is 24.0 Å². The second-order valence-electron chi connectivity index (χ2n) is 6.38. The maximum Gasteiger partial charge on any atom is 0.224 e. The number of hydrogen-bond acceptors (Lipinski definition) is 4. The summed E-state index contributed by atoms with van der Waals surface area (Å²) in [4.78, 5) is 23.8. The zero-order chi connectivity index (χ0) is 18.7. The van der Waals surface area contributed by atoms with E-state index in [2.05, 4.69) is 10.6 Å². The molecule has 2 N–H and O–H groups in total. The quantitative estimate of drug-likeness (QED) is 0.844. The minimum Gasteiger partial charge on any atom is -0.326 e. The fraction of sp³-hybridized carbons (Fsp3) is 0.263. The van der Waals surface area contributed by atoms with Crippen LogP contribution in [-0.4, -0.2) is 26.5 Å². The highest BCUT2D eigenvalue weighted by molar-refractivity contribution is 7.90. The normalized spacial score (nSPS) is 13.7. The molecular formula is C19H20N2O4S. The van der Waals surface area contributed by atoms with Gasteiger partial charge in [-0.15, -0.1) is 0 Å². The van der Waals surface area contributed by atoms with Crippen molar-refractivity contribution in [2.75, 3.05) is 16.9 Å². The first-order valence-corrected chi connectivity index (χ1v) is 10.2. The van der Waals surface area contributed by atoms with E-state index in [1.165, 1.54) is 6.26 Å². The van der Waals surface area contributed by atoms with Crippen LogP contribution in [0, 0.1) is 0 Å². The molecule has 0 fully saturated rings. The maximum atomic E-state index is 12.2. The van der Waals surface area contributed by atoms with Crippen LogP contribution in [0.5, 0.6) is 0 Å². The molecule has 26 heavy (non-hydrogen) atoms. The van der Waals surface area contributed by atoms with E-state index in [-0.39, 0.29) is 16.7 Å². The third-order valence-electron chi connectivity index (χ3n) is 4.28. The van der Waals surface area contributed by atoms with Crippen LogP contribution >= 0.6 is 0 Å². The van der Waals surface area contributed by atoms with E-state index < -0.39 is 9.84 Å². The van der Waals surface area contributed by atoms with Gasteiger partial charge >= 0.3 is 0 Å². The van der Waals surface area contributed by atoms with E-state index in [4.69, 9.17) is 0 Å². The lowest BCUT2D eigenvalue weighted by molar-refractivity contribution is -0.117. The molecule has 0 aliphatic carbocycles. The second kappa shape index (κ2) is 7.29. The third kappa shape index (κ3) is 4.49. The van der Waals surface area contributed by atoms with E-state index >= 15 is 0 Å². The van der Waals surface area contributed by atoms with E-state index in [9.17, 15) is 18.0 Å². The number of amides is 2. The van der Waals surface area contributed by atoms with E-state index in [1.54, 1.807) is 36.4 Å². The number of benzene rings is 2. The lowest BCUT2D eigenvalue weighted by Gasteiger charge is -2.17. The Hall–Kier alpha value is -2.67. The van der Waals surface area contributed by atoms with Gasteiger partial charge in [-0.25, -0.2) is 8.42 Å². The molecular weight excluding hydrogens is 352 g/mol. The largest absolute Gasteiger partial charge is 0.326 e. The molecule has 7 heteroatoms. The summed E-state index contributed by atoms with van der Waals surface area (Å²) in [5, 5.41) is 5.67. The highest BCUT2D eigenvalue weighted by atomic mass is 32.2. The van der Waals surface area contributed by atoms with Gasteiger partial charge in [0.1, 0.15) is 0 Å². The Balaban J connectivity index is 1.57. The standard InChI is InChI=1S/C19H20N2O4S/c1-26(24,25)16-7-2-13(3-8-16)4-10-18(22)20-15-6-9-17-14(12-15)5-11-19(23)21-17/h2-3,6-9,12H,4-5,10-11H2,1H3,(H,20,22)(H,21,23). The van der Waals surface area contributed by atoms with Gasteiger partial charge in [0.25, 0.3) is 0 Å². The van der Waals surface area contributed by atoms with E-state index in [1.807, 2.05) is 6.07 Å². The molecule has 2 aromatic carbocycles. The average molecular weight is 372 g/mol. The molecule has 0 radical (unpaired) electrons. The van der Waals surface area contributed by atoms with Crippen molar-refractivity contribution in [3.63, 3.8) is 0 Å². The molecule has 0 saturated carbocycles. The molecule has 2 amide bonds. The Morgan fingerprint density at radius 3 is 2.54 bits per heavy atom. The zero-order valence-corrected chi connectivity index (χ0v) is 15.2. The topological polar surface area (TPSA) is 92.3 Å². The van der Waals surface area contributed by atoms with Crippen molar-refractivity contribution < 1.29 is 18.0 Å². The summed E-state index contributed by atoms with van der Waals surface area (Å²) in [6.45, 7) is 0. The smallest absolute Gasteiger partial charge is 0.224 e. The lowest BCUT2D eigenvalue weighted by atomic mass is 10.0. The van der Waals surface area contributed by atoms with Gasteiger partial charge in [0.05, 0.1) is 4.90 Å². The Morgan fingerprint density at radius 1 is 1.12 bits per heavy atom. The Labute approximate surface area is 152 Å². The van der Waals surface area contributed by atoms with Crippen LogP contribution in [-0.2, 0) is 32.3 Å². The summed E-state index contributed by atoms with van der Waals surface area (Å²) in [7, 11) is -3.21. The lowest BCUT2D eigenvalue weighted by Crippen LogP contribution is -2.19. The molecule has 0 saturated heterocycles. The van der Waals surface area contributed by atoms with Crippen molar-refractivity contribution in [3.05, 3.63) is 53.6 Å². The van der Waals surface area contributed by atoms with Crippen LogP contribution in [0.15, 0.2) is 47.4 Å². The van der Waals surface area contributed by atoms with Gasteiger partial charge in [0.15, 0.2) is 9.84 Å². The first kappa shape index (κ1) is 18.1. The molecule has 2 aromatic rings. The van der Waals surface area contributed by atoms with E-state index in [0.29, 0.717) is 31.4 Å². The van der Waals surface area contributed by atoms with Gasteiger partial charge in [-0.05, 0) is 54.3 Å². The van der Waals surface area contributed by atoms with Crippen LogP contribution < -0.4 is 10.6 Å². The van der Waals surface area contributed by atoms with Crippen molar-refractivity contribution in [2.24, 2.45) is 0 Å². The van der Waals surface area contributed by atoms with Crippen molar-refractivity contribution >= 4 is 33.0 Å². The molecule has 0 spiro atoms. The Bertz CT molecular complexity index is 950. The number of aryl methyl sites for hydroxylation is 2. The Morgan fingerprint density at radius 2 is 1.85 bits per heavy atom. The van der Waals surface area contributed by atoms with Crippen molar-refractivity contribution in [1.82, 2.24) is 0 Å².